The minimum atomic E-state index is 0.267. The highest BCUT2D eigenvalue weighted by Crippen LogP contribution is 2.30. The summed E-state index contributed by atoms with van der Waals surface area (Å²) in [6, 6.07) is 10.2. The Morgan fingerprint density at radius 3 is 2.44 bits per heavy atom. The van der Waals surface area contributed by atoms with Gasteiger partial charge in [-0.05, 0) is 42.1 Å². The first-order valence-corrected chi connectivity index (χ1v) is 7.55. The van der Waals surface area contributed by atoms with Crippen molar-refractivity contribution >= 4 is 34.5 Å². The molecule has 0 spiro atoms. The quantitative estimate of drug-likeness (QED) is 0.824. The van der Waals surface area contributed by atoms with Crippen molar-refractivity contribution in [2.45, 2.75) is 19.4 Å². The molecule has 1 heterocycles. The molecule has 0 aliphatic rings. The summed E-state index contributed by atoms with van der Waals surface area (Å²) in [7, 11) is 0. The van der Waals surface area contributed by atoms with E-state index in [-0.39, 0.29) is 6.04 Å². The van der Waals surface area contributed by atoms with Gasteiger partial charge in [-0.25, -0.2) is 0 Å². The van der Waals surface area contributed by atoms with Crippen LogP contribution in [0.15, 0.2) is 35.7 Å². The first-order valence-electron chi connectivity index (χ1n) is 5.91. The van der Waals surface area contributed by atoms with E-state index >= 15 is 0 Å². The van der Waals surface area contributed by atoms with Gasteiger partial charge in [-0.15, -0.1) is 11.3 Å². The topological polar surface area (TPSA) is 12.0 Å². The summed E-state index contributed by atoms with van der Waals surface area (Å²) >= 11 is 13.8. The van der Waals surface area contributed by atoms with E-state index in [1.54, 1.807) is 11.3 Å². The average molecular weight is 300 g/mol. The van der Waals surface area contributed by atoms with E-state index in [0.717, 1.165) is 23.0 Å². The normalized spacial score (nSPS) is 12.6. The van der Waals surface area contributed by atoms with Gasteiger partial charge in [0.15, 0.2) is 0 Å². The van der Waals surface area contributed by atoms with Crippen LogP contribution in [0.25, 0.3) is 0 Å². The van der Waals surface area contributed by atoms with Gasteiger partial charge in [0.25, 0.3) is 0 Å². The molecule has 1 aromatic heterocycles. The standard InChI is InChI=1S/C14H15Cl2NS/c1-2-17-13(14-12(16)7-8-18-14)9-10-3-5-11(15)6-4-10/h3-8,13,17H,2,9H2,1H3. The minimum absolute atomic E-state index is 0.267. The zero-order chi connectivity index (χ0) is 13.0. The van der Waals surface area contributed by atoms with Crippen LogP contribution in [0.1, 0.15) is 23.4 Å². The predicted molar refractivity (Wildman–Crippen MR) is 80.9 cm³/mol. The fourth-order valence-corrected chi connectivity index (χ4v) is 3.31. The zero-order valence-corrected chi connectivity index (χ0v) is 12.4. The van der Waals surface area contributed by atoms with E-state index in [1.807, 2.05) is 23.6 Å². The lowest BCUT2D eigenvalue weighted by Crippen LogP contribution is -2.22. The average Bonchev–Trinajstić information content (AvgIpc) is 2.78. The predicted octanol–water partition coefficient (Wildman–Crippen LogP) is 4.95. The molecule has 0 saturated carbocycles. The van der Waals surface area contributed by atoms with Crippen LogP contribution in [-0.2, 0) is 6.42 Å². The summed E-state index contributed by atoms with van der Waals surface area (Å²) in [6.45, 7) is 3.03. The van der Waals surface area contributed by atoms with Crippen LogP contribution in [0.3, 0.4) is 0 Å². The first-order chi connectivity index (χ1) is 8.70. The number of hydrogen-bond acceptors (Lipinski definition) is 2. The molecule has 1 N–H and O–H groups in total. The number of hydrogen-bond donors (Lipinski definition) is 1. The molecule has 96 valence electrons. The molecule has 1 nitrogen and oxygen atoms in total. The van der Waals surface area contributed by atoms with Crippen LogP contribution < -0.4 is 5.32 Å². The van der Waals surface area contributed by atoms with E-state index in [9.17, 15) is 0 Å². The van der Waals surface area contributed by atoms with Gasteiger partial charge in [0.2, 0.25) is 0 Å². The molecule has 1 aromatic carbocycles. The van der Waals surface area contributed by atoms with Gasteiger partial charge in [-0.2, -0.15) is 0 Å². The Morgan fingerprint density at radius 2 is 1.89 bits per heavy atom. The van der Waals surface area contributed by atoms with Gasteiger partial charge >= 0.3 is 0 Å². The highest BCUT2D eigenvalue weighted by molar-refractivity contribution is 7.10. The Morgan fingerprint density at radius 1 is 1.17 bits per heavy atom. The summed E-state index contributed by atoms with van der Waals surface area (Å²) in [5.41, 5.74) is 1.26. The summed E-state index contributed by atoms with van der Waals surface area (Å²) in [4.78, 5) is 1.20. The lowest BCUT2D eigenvalue weighted by molar-refractivity contribution is 0.558. The Hall–Kier alpha value is -0.540. The van der Waals surface area contributed by atoms with Gasteiger partial charge in [0.05, 0.1) is 5.02 Å². The molecule has 0 bridgehead atoms. The molecule has 0 aliphatic heterocycles. The van der Waals surface area contributed by atoms with E-state index in [4.69, 9.17) is 23.2 Å². The molecule has 18 heavy (non-hydrogen) atoms. The van der Waals surface area contributed by atoms with Gasteiger partial charge in [0.1, 0.15) is 0 Å². The SMILES string of the molecule is CCNC(Cc1ccc(Cl)cc1)c1sccc1Cl. The summed E-state index contributed by atoms with van der Waals surface area (Å²) in [6.07, 6.45) is 0.922. The lowest BCUT2D eigenvalue weighted by Gasteiger charge is -2.17. The molecule has 1 unspecified atom stereocenters. The molecule has 0 radical (unpaired) electrons. The van der Waals surface area contributed by atoms with Gasteiger partial charge in [0, 0.05) is 15.9 Å². The number of halogens is 2. The van der Waals surface area contributed by atoms with Crippen molar-refractivity contribution in [2.24, 2.45) is 0 Å². The molecule has 0 aliphatic carbocycles. The number of benzene rings is 1. The highest BCUT2D eigenvalue weighted by atomic mass is 35.5. The fourth-order valence-electron chi connectivity index (χ4n) is 1.91. The number of rotatable bonds is 5. The Kier molecular flexibility index (Phi) is 5.07. The van der Waals surface area contributed by atoms with E-state index < -0.39 is 0 Å². The van der Waals surface area contributed by atoms with Crippen LogP contribution in [0.4, 0.5) is 0 Å². The maximum absolute atomic E-state index is 6.21. The first kappa shape index (κ1) is 13.9. The number of nitrogens with one attached hydrogen (secondary N) is 1. The molecule has 0 amide bonds. The van der Waals surface area contributed by atoms with Crippen LogP contribution in [0, 0.1) is 0 Å². The van der Waals surface area contributed by atoms with Crippen molar-refractivity contribution in [1.29, 1.82) is 0 Å². The third kappa shape index (κ3) is 3.48. The zero-order valence-electron chi connectivity index (χ0n) is 10.1. The van der Waals surface area contributed by atoms with Gasteiger partial charge < -0.3 is 5.32 Å². The number of thiophene rings is 1. The minimum Gasteiger partial charge on any atom is -0.309 e. The monoisotopic (exact) mass is 299 g/mol. The molecular formula is C14H15Cl2NS. The van der Waals surface area contributed by atoms with Gasteiger partial charge in [-0.1, -0.05) is 42.3 Å². The van der Waals surface area contributed by atoms with Crippen LogP contribution in [0.2, 0.25) is 10.0 Å². The maximum Gasteiger partial charge on any atom is 0.0561 e. The maximum atomic E-state index is 6.21. The Labute approximate surface area is 122 Å². The second-order valence-electron chi connectivity index (χ2n) is 4.07. The number of likely N-dealkylation sites (N-methyl/N-ethyl adjacent to an activating group) is 1. The van der Waals surface area contributed by atoms with E-state index in [2.05, 4.69) is 24.4 Å². The molecule has 4 heteroatoms. The molecular weight excluding hydrogens is 285 g/mol. The van der Waals surface area contributed by atoms with Crippen LogP contribution >= 0.6 is 34.5 Å². The van der Waals surface area contributed by atoms with Crippen molar-refractivity contribution in [1.82, 2.24) is 5.32 Å². The second kappa shape index (κ2) is 6.58. The second-order valence-corrected chi connectivity index (χ2v) is 5.86. The molecule has 2 aromatic rings. The smallest absolute Gasteiger partial charge is 0.0561 e. The largest absolute Gasteiger partial charge is 0.309 e. The third-order valence-electron chi connectivity index (χ3n) is 2.76. The highest BCUT2D eigenvalue weighted by Gasteiger charge is 2.15. The molecule has 2 rings (SSSR count). The van der Waals surface area contributed by atoms with Crippen molar-refractivity contribution in [3.8, 4) is 0 Å². The van der Waals surface area contributed by atoms with Crippen LogP contribution in [0.5, 0.6) is 0 Å². The Balaban J connectivity index is 2.16. The summed E-state index contributed by atoms with van der Waals surface area (Å²) in [5, 5.41) is 7.13. The molecule has 0 saturated heterocycles. The molecule has 0 fully saturated rings. The van der Waals surface area contributed by atoms with Crippen molar-refractivity contribution in [3.05, 3.63) is 56.2 Å². The molecule has 1 atom stereocenters. The lowest BCUT2D eigenvalue weighted by atomic mass is 10.0. The van der Waals surface area contributed by atoms with E-state index in [1.165, 1.54) is 10.4 Å². The fraction of sp³-hybridized carbons (Fsp3) is 0.286. The van der Waals surface area contributed by atoms with Crippen molar-refractivity contribution in [3.63, 3.8) is 0 Å². The summed E-state index contributed by atoms with van der Waals surface area (Å²) < 4.78 is 0. The van der Waals surface area contributed by atoms with Crippen molar-refractivity contribution < 1.29 is 0 Å². The summed E-state index contributed by atoms with van der Waals surface area (Å²) in [5.74, 6) is 0. The van der Waals surface area contributed by atoms with Gasteiger partial charge in [-0.3, -0.25) is 0 Å². The van der Waals surface area contributed by atoms with Crippen molar-refractivity contribution in [2.75, 3.05) is 6.54 Å². The third-order valence-corrected chi connectivity index (χ3v) is 4.49. The van der Waals surface area contributed by atoms with Crippen LogP contribution in [-0.4, -0.2) is 6.54 Å². The Bertz CT molecular complexity index is 493. The van der Waals surface area contributed by atoms with E-state index in [0.29, 0.717) is 0 Å².